The normalized spacial score (nSPS) is 12.5. The number of aliphatic carboxylic acids is 1. The predicted octanol–water partition coefficient (Wildman–Crippen LogP) is 2.25. The molecule has 0 aliphatic rings. The number of rotatable bonds is 7. The molecule has 0 aliphatic carbocycles. The molecule has 0 fully saturated rings. The average Bonchev–Trinajstić information content (AvgIpc) is 2.47. The number of nitrogens with zero attached hydrogens (tertiary/aromatic N) is 1. The summed E-state index contributed by atoms with van der Waals surface area (Å²) in [6.07, 6.45) is 2.63. The van der Waals surface area contributed by atoms with E-state index in [9.17, 15) is 9.59 Å². The number of hydrogen-bond acceptors (Lipinski definition) is 4. The summed E-state index contributed by atoms with van der Waals surface area (Å²) in [5.41, 5.74) is 0.559. The minimum atomic E-state index is -0.855. The second-order valence-corrected chi connectivity index (χ2v) is 5.43. The number of aromatic nitrogens is 2. The maximum atomic E-state index is 11.7. The molecule has 1 atom stereocenters. The first-order valence-corrected chi connectivity index (χ1v) is 7.37. The summed E-state index contributed by atoms with van der Waals surface area (Å²) in [6.45, 7) is 2.33. The van der Waals surface area contributed by atoms with Gasteiger partial charge < -0.3 is 9.84 Å². The SMILES string of the molecule is CCC(COCCc1cc(Cl)cc2c(=O)[nH]ncc12)C(=O)O. The number of aromatic amines is 1. The topological polar surface area (TPSA) is 92.3 Å². The zero-order valence-electron chi connectivity index (χ0n) is 12.1. The molecule has 2 rings (SSSR count). The summed E-state index contributed by atoms with van der Waals surface area (Å²) in [7, 11) is 0. The molecule has 1 heterocycles. The molecule has 1 aromatic heterocycles. The molecular weight excluding hydrogens is 308 g/mol. The van der Waals surface area contributed by atoms with Gasteiger partial charge in [0.1, 0.15) is 0 Å². The van der Waals surface area contributed by atoms with E-state index in [1.165, 1.54) is 0 Å². The van der Waals surface area contributed by atoms with Crippen LogP contribution < -0.4 is 5.56 Å². The fourth-order valence-electron chi connectivity index (χ4n) is 2.21. The van der Waals surface area contributed by atoms with Crippen molar-refractivity contribution in [1.82, 2.24) is 10.2 Å². The number of nitrogens with one attached hydrogen (secondary N) is 1. The van der Waals surface area contributed by atoms with E-state index in [1.54, 1.807) is 18.3 Å². The Balaban J connectivity index is 2.07. The van der Waals surface area contributed by atoms with E-state index in [0.29, 0.717) is 29.9 Å². The lowest BCUT2D eigenvalue weighted by Crippen LogP contribution is -2.19. The van der Waals surface area contributed by atoms with Crippen molar-refractivity contribution in [1.29, 1.82) is 0 Å². The van der Waals surface area contributed by atoms with Crippen LogP contribution in [0.4, 0.5) is 0 Å². The first-order chi connectivity index (χ1) is 10.5. The van der Waals surface area contributed by atoms with E-state index < -0.39 is 11.9 Å². The zero-order valence-corrected chi connectivity index (χ0v) is 12.9. The van der Waals surface area contributed by atoms with Crippen LogP contribution in [0.3, 0.4) is 0 Å². The van der Waals surface area contributed by atoms with Crippen LogP contribution in [-0.2, 0) is 16.0 Å². The number of fused-ring (bicyclic) bond motifs is 1. The Hall–Kier alpha value is -1.92. The van der Waals surface area contributed by atoms with Crippen LogP contribution in [0.1, 0.15) is 18.9 Å². The summed E-state index contributed by atoms with van der Waals surface area (Å²) < 4.78 is 5.44. The molecule has 22 heavy (non-hydrogen) atoms. The molecule has 6 nitrogen and oxygen atoms in total. The second kappa shape index (κ2) is 7.38. The number of carbonyl (C=O) groups is 1. The lowest BCUT2D eigenvalue weighted by atomic mass is 10.1. The number of carboxylic acid groups (broad SMARTS) is 1. The molecule has 2 aromatic rings. The largest absolute Gasteiger partial charge is 0.481 e. The van der Waals surface area contributed by atoms with Gasteiger partial charge in [-0.15, -0.1) is 0 Å². The van der Waals surface area contributed by atoms with Crippen molar-refractivity contribution in [3.05, 3.63) is 39.3 Å². The maximum Gasteiger partial charge on any atom is 0.308 e. The molecule has 0 aliphatic heterocycles. The van der Waals surface area contributed by atoms with Crippen LogP contribution in [0, 0.1) is 5.92 Å². The van der Waals surface area contributed by atoms with E-state index in [4.69, 9.17) is 21.4 Å². The van der Waals surface area contributed by atoms with Crippen molar-refractivity contribution in [2.75, 3.05) is 13.2 Å². The summed E-state index contributed by atoms with van der Waals surface area (Å²) in [6, 6.07) is 3.36. The minimum Gasteiger partial charge on any atom is -0.481 e. The van der Waals surface area contributed by atoms with E-state index in [2.05, 4.69) is 10.2 Å². The summed E-state index contributed by atoms with van der Waals surface area (Å²) in [5, 5.41) is 16.8. The van der Waals surface area contributed by atoms with Gasteiger partial charge in [0.15, 0.2) is 0 Å². The highest BCUT2D eigenvalue weighted by atomic mass is 35.5. The molecule has 0 spiro atoms. The standard InChI is InChI=1S/C15H17ClN2O4/c1-2-9(15(20)21)8-22-4-3-10-5-11(16)6-12-13(10)7-17-18-14(12)19/h5-7,9H,2-4,8H2,1H3,(H,18,19)(H,20,21). The predicted molar refractivity (Wildman–Crippen MR) is 83.3 cm³/mol. The van der Waals surface area contributed by atoms with Gasteiger partial charge in [-0.3, -0.25) is 9.59 Å². The highest BCUT2D eigenvalue weighted by Crippen LogP contribution is 2.21. The third-order valence-corrected chi connectivity index (χ3v) is 3.73. The molecule has 2 N–H and O–H groups in total. The smallest absolute Gasteiger partial charge is 0.308 e. The van der Waals surface area contributed by atoms with Gasteiger partial charge in [-0.05, 0) is 30.5 Å². The molecule has 7 heteroatoms. The third kappa shape index (κ3) is 3.84. The highest BCUT2D eigenvalue weighted by Gasteiger charge is 2.15. The van der Waals surface area contributed by atoms with Crippen molar-refractivity contribution in [3.63, 3.8) is 0 Å². The van der Waals surface area contributed by atoms with Crippen LogP contribution in [0.5, 0.6) is 0 Å². The lowest BCUT2D eigenvalue weighted by molar-refractivity contribution is -0.144. The Labute approximate surface area is 132 Å². The van der Waals surface area contributed by atoms with Crippen molar-refractivity contribution in [3.8, 4) is 0 Å². The molecule has 0 bridgehead atoms. The number of halogens is 1. The Morgan fingerprint density at radius 2 is 2.23 bits per heavy atom. The second-order valence-electron chi connectivity index (χ2n) is 4.99. The first-order valence-electron chi connectivity index (χ1n) is 6.99. The van der Waals surface area contributed by atoms with E-state index in [-0.39, 0.29) is 12.2 Å². The Bertz CT molecular complexity index is 729. The van der Waals surface area contributed by atoms with Crippen LogP contribution in [0.15, 0.2) is 23.1 Å². The van der Waals surface area contributed by atoms with Crippen molar-refractivity contribution >= 4 is 28.3 Å². The van der Waals surface area contributed by atoms with Gasteiger partial charge in [0.25, 0.3) is 5.56 Å². The fourth-order valence-corrected chi connectivity index (χ4v) is 2.45. The number of ether oxygens (including phenoxy) is 1. The van der Waals surface area contributed by atoms with Gasteiger partial charge in [-0.1, -0.05) is 18.5 Å². The van der Waals surface area contributed by atoms with Crippen molar-refractivity contribution in [2.24, 2.45) is 5.92 Å². The molecule has 0 saturated heterocycles. The molecule has 118 valence electrons. The van der Waals surface area contributed by atoms with Crippen LogP contribution in [0.2, 0.25) is 5.02 Å². The van der Waals surface area contributed by atoms with Gasteiger partial charge in [-0.2, -0.15) is 5.10 Å². The molecule has 1 aromatic carbocycles. The quantitative estimate of drug-likeness (QED) is 0.762. The fraction of sp³-hybridized carbons (Fsp3) is 0.400. The van der Waals surface area contributed by atoms with E-state index >= 15 is 0 Å². The summed E-state index contributed by atoms with van der Waals surface area (Å²) >= 11 is 6.03. The van der Waals surface area contributed by atoms with Crippen molar-refractivity contribution < 1.29 is 14.6 Å². The molecular formula is C15H17ClN2O4. The lowest BCUT2D eigenvalue weighted by Gasteiger charge is -2.11. The Kier molecular flexibility index (Phi) is 5.51. The van der Waals surface area contributed by atoms with Gasteiger partial charge in [0, 0.05) is 10.4 Å². The molecule has 0 radical (unpaired) electrons. The minimum absolute atomic E-state index is 0.170. The zero-order chi connectivity index (χ0) is 16.1. The maximum absolute atomic E-state index is 11.7. The Morgan fingerprint density at radius 3 is 2.91 bits per heavy atom. The number of H-pyrrole nitrogens is 1. The summed E-state index contributed by atoms with van der Waals surface area (Å²) in [4.78, 5) is 22.7. The number of hydrogen-bond donors (Lipinski definition) is 2. The van der Waals surface area contributed by atoms with E-state index in [1.807, 2.05) is 6.92 Å². The van der Waals surface area contributed by atoms with Gasteiger partial charge >= 0.3 is 5.97 Å². The number of carboxylic acids is 1. The molecule has 0 saturated carbocycles. The third-order valence-electron chi connectivity index (χ3n) is 3.51. The van der Waals surface area contributed by atoms with E-state index in [0.717, 1.165) is 10.9 Å². The summed E-state index contributed by atoms with van der Waals surface area (Å²) in [5.74, 6) is -1.35. The Morgan fingerprint density at radius 1 is 1.45 bits per heavy atom. The van der Waals surface area contributed by atoms with Gasteiger partial charge in [-0.25, -0.2) is 5.10 Å². The molecule has 0 amide bonds. The monoisotopic (exact) mass is 324 g/mol. The van der Waals surface area contributed by atoms with Crippen LogP contribution in [-0.4, -0.2) is 34.5 Å². The van der Waals surface area contributed by atoms with Gasteiger partial charge in [0.2, 0.25) is 0 Å². The number of benzene rings is 1. The van der Waals surface area contributed by atoms with Crippen LogP contribution >= 0.6 is 11.6 Å². The average molecular weight is 325 g/mol. The van der Waals surface area contributed by atoms with Crippen LogP contribution in [0.25, 0.3) is 10.8 Å². The van der Waals surface area contributed by atoms with Crippen molar-refractivity contribution in [2.45, 2.75) is 19.8 Å². The first kappa shape index (κ1) is 16.5. The van der Waals surface area contributed by atoms with Gasteiger partial charge in [0.05, 0.1) is 30.7 Å². The molecule has 1 unspecified atom stereocenters. The highest BCUT2D eigenvalue weighted by molar-refractivity contribution is 6.31.